The number of carboxylic acids is 1. The third-order valence-electron chi connectivity index (χ3n) is 4.67. The number of aliphatic hydroxyl groups is 1. The lowest BCUT2D eigenvalue weighted by Crippen LogP contribution is -2.65. The molecule has 9 heteroatoms. The molecule has 0 bridgehead atoms. The number of pyridine rings is 1. The number of aliphatic carboxylic acids is 1. The number of amides is 1. The van der Waals surface area contributed by atoms with Crippen molar-refractivity contribution in [3.05, 3.63) is 30.1 Å². The van der Waals surface area contributed by atoms with Gasteiger partial charge < -0.3 is 15.1 Å². The minimum atomic E-state index is -3.96. The van der Waals surface area contributed by atoms with Crippen LogP contribution in [0.25, 0.3) is 0 Å². The maximum atomic E-state index is 12.7. The lowest BCUT2D eigenvalue weighted by Gasteiger charge is -2.44. The highest BCUT2D eigenvalue weighted by Crippen LogP contribution is 2.51. The van der Waals surface area contributed by atoms with Crippen molar-refractivity contribution < 1.29 is 28.2 Å². The van der Waals surface area contributed by atoms with E-state index in [1.54, 1.807) is 12.1 Å². The van der Waals surface area contributed by atoms with Crippen LogP contribution < -0.4 is 0 Å². The number of aromatic nitrogens is 1. The Morgan fingerprint density at radius 3 is 2.57 bits per heavy atom. The van der Waals surface area contributed by atoms with Crippen LogP contribution in [0.1, 0.15) is 25.6 Å². The highest BCUT2D eigenvalue weighted by atomic mass is 32.2. The van der Waals surface area contributed by atoms with Crippen molar-refractivity contribution in [1.82, 2.24) is 9.88 Å². The number of carbonyl (C=O) groups is 2. The van der Waals surface area contributed by atoms with Crippen molar-refractivity contribution >= 4 is 21.7 Å². The molecular formula is C14H16N2O6S. The molecule has 124 valence electrons. The first-order valence-electron chi connectivity index (χ1n) is 7.00. The lowest BCUT2D eigenvalue weighted by molar-refractivity contribution is -0.169. The summed E-state index contributed by atoms with van der Waals surface area (Å²) in [6, 6.07) is 3.26. The molecule has 3 heterocycles. The van der Waals surface area contributed by atoms with E-state index in [2.05, 4.69) is 4.98 Å². The van der Waals surface area contributed by atoms with E-state index >= 15 is 0 Å². The van der Waals surface area contributed by atoms with E-state index in [9.17, 15) is 28.2 Å². The van der Waals surface area contributed by atoms with Crippen LogP contribution >= 0.6 is 0 Å². The highest BCUT2D eigenvalue weighted by molar-refractivity contribution is 7.93. The van der Waals surface area contributed by atoms with Crippen LogP contribution in [0.2, 0.25) is 0 Å². The zero-order chi connectivity index (χ0) is 17.2. The molecule has 0 spiro atoms. The fourth-order valence-electron chi connectivity index (χ4n) is 3.37. The molecule has 1 unspecified atom stereocenters. The van der Waals surface area contributed by atoms with E-state index in [0.29, 0.717) is 0 Å². The van der Waals surface area contributed by atoms with Gasteiger partial charge in [0.15, 0.2) is 9.84 Å². The number of carbonyl (C=O) groups excluding carboxylic acids is 1. The van der Waals surface area contributed by atoms with Gasteiger partial charge in [-0.25, -0.2) is 13.2 Å². The van der Waals surface area contributed by atoms with E-state index < -0.39 is 49.9 Å². The van der Waals surface area contributed by atoms with Gasteiger partial charge in [0, 0.05) is 6.20 Å². The Bertz CT molecular complexity index is 776. The average molecular weight is 340 g/mol. The van der Waals surface area contributed by atoms with Gasteiger partial charge in [-0.1, -0.05) is 6.07 Å². The number of aliphatic hydroxyl groups excluding tert-OH is 1. The molecule has 1 amide bonds. The molecular weight excluding hydrogens is 324 g/mol. The molecule has 3 rings (SSSR count). The molecule has 0 aromatic carbocycles. The Hall–Kier alpha value is -2.00. The molecule has 2 N–H and O–H groups in total. The van der Waals surface area contributed by atoms with E-state index in [0.717, 1.165) is 4.90 Å². The van der Waals surface area contributed by atoms with Crippen LogP contribution in [0.15, 0.2) is 24.4 Å². The van der Waals surface area contributed by atoms with Crippen molar-refractivity contribution in [2.75, 3.05) is 0 Å². The van der Waals surface area contributed by atoms with Gasteiger partial charge in [0.2, 0.25) is 5.91 Å². The SMILES string of the molecule is CC1(C)[C@H](C(=O)O)N2C(=O)[C@@H](C(O)c3ccccn3)[C@H]2S1(=O)=O. The Morgan fingerprint density at radius 2 is 2.04 bits per heavy atom. The van der Waals surface area contributed by atoms with Gasteiger partial charge in [0.05, 0.1) is 10.4 Å². The first-order valence-corrected chi connectivity index (χ1v) is 8.54. The molecule has 2 aliphatic heterocycles. The van der Waals surface area contributed by atoms with Crippen molar-refractivity contribution in [3.8, 4) is 0 Å². The predicted molar refractivity (Wildman–Crippen MR) is 77.7 cm³/mol. The van der Waals surface area contributed by atoms with Crippen LogP contribution in [0.4, 0.5) is 0 Å². The Morgan fingerprint density at radius 1 is 1.39 bits per heavy atom. The van der Waals surface area contributed by atoms with Crippen LogP contribution in [-0.2, 0) is 19.4 Å². The van der Waals surface area contributed by atoms with Crippen molar-refractivity contribution in [2.45, 2.75) is 36.1 Å². The molecule has 1 aromatic heterocycles. The van der Waals surface area contributed by atoms with Gasteiger partial charge in [0.25, 0.3) is 0 Å². The number of nitrogens with zero attached hydrogens (tertiary/aromatic N) is 2. The summed E-state index contributed by atoms with van der Waals surface area (Å²) >= 11 is 0. The fourth-order valence-corrected chi connectivity index (χ4v) is 5.69. The van der Waals surface area contributed by atoms with Gasteiger partial charge in [-0.3, -0.25) is 9.78 Å². The summed E-state index contributed by atoms with van der Waals surface area (Å²) in [5.41, 5.74) is 0.178. The van der Waals surface area contributed by atoms with E-state index in [-0.39, 0.29) is 5.69 Å². The van der Waals surface area contributed by atoms with E-state index in [1.807, 2.05) is 0 Å². The zero-order valence-corrected chi connectivity index (χ0v) is 13.3. The quantitative estimate of drug-likeness (QED) is 0.715. The van der Waals surface area contributed by atoms with Crippen molar-refractivity contribution in [1.29, 1.82) is 0 Å². The predicted octanol–water partition coefficient (Wildman–Crippen LogP) is -0.440. The van der Waals surface area contributed by atoms with Crippen molar-refractivity contribution in [2.24, 2.45) is 5.92 Å². The average Bonchev–Trinajstić information content (AvgIpc) is 2.62. The molecule has 4 atom stereocenters. The summed E-state index contributed by atoms with van der Waals surface area (Å²) in [6.07, 6.45) is 0.0233. The minimum absolute atomic E-state index is 0.178. The summed E-state index contributed by atoms with van der Waals surface area (Å²) in [7, 11) is -3.96. The summed E-state index contributed by atoms with van der Waals surface area (Å²) in [4.78, 5) is 28.6. The zero-order valence-electron chi connectivity index (χ0n) is 12.4. The second kappa shape index (κ2) is 4.75. The number of rotatable bonds is 3. The maximum Gasteiger partial charge on any atom is 0.328 e. The molecule has 0 radical (unpaired) electrons. The monoisotopic (exact) mass is 340 g/mol. The topological polar surface area (TPSA) is 125 Å². The largest absolute Gasteiger partial charge is 0.480 e. The van der Waals surface area contributed by atoms with Gasteiger partial charge >= 0.3 is 5.97 Å². The molecule has 23 heavy (non-hydrogen) atoms. The Balaban J connectivity index is 2.04. The molecule has 0 saturated carbocycles. The number of hydrogen-bond donors (Lipinski definition) is 2. The lowest BCUT2D eigenvalue weighted by atomic mass is 9.86. The van der Waals surface area contributed by atoms with Crippen LogP contribution in [0, 0.1) is 5.92 Å². The molecule has 0 aliphatic carbocycles. The van der Waals surface area contributed by atoms with E-state index in [4.69, 9.17) is 0 Å². The van der Waals surface area contributed by atoms with Crippen LogP contribution in [-0.4, -0.2) is 56.6 Å². The standard InChI is InChI=1S/C14H16N2O6S/c1-14(2)10(13(19)20)16-11(18)8(12(16)23(14,21)22)9(17)7-5-3-4-6-15-7/h3-6,8-10,12,17H,1-2H3,(H,19,20)/t8-,9?,10+,12-/m1/s1. The number of β-lactam (4-membered cyclic amide) rings is 1. The number of fused-ring (bicyclic) bond motifs is 1. The normalized spacial score (nSPS) is 32.0. The third kappa shape index (κ3) is 1.86. The Kier molecular flexibility index (Phi) is 3.28. The summed E-state index contributed by atoms with van der Waals surface area (Å²) in [5.74, 6) is -3.30. The highest BCUT2D eigenvalue weighted by Gasteiger charge is 2.73. The number of hydrogen-bond acceptors (Lipinski definition) is 6. The number of sulfone groups is 1. The van der Waals surface area contributed by atoms with Crippen LogP contribution in [0.3, 0.4) is 0 Å². The molecule has 2 aliphatic rings. The molecule has 8 nitrogen and oxygen atoms in total. The molecule has 2 fully saturated rings. The summed E-state index contributed by atoms with van der Waals surface area (Å²) in [5, 5.41) is 18.3. The molecule has 1 aromatic rings. The Labute approximate surface area is 132 Å². The summed E-state index contributed by atoms with van der Waals surface area (Å²) < 4.78 is 23.8. The first-order chi connectivity index (χ1) is 10.6. The van der Waals surface area contributed by atoms with Gasteiger partial charge in [0.1, 0.15) is 23.4 Å². The fraction of sp³-hybridized carbons (Fsp3) is 0.500. The summed E-state index contributed by atoms with van der Waals surface area (Å²) in [6.45, 7) is 2.58. The van der Waals surface area contributed by atoms with Crippen molar-refractivity contribution in [3.63, 3.8) is 0 Å². The third-order valence-corrected chi connectivity index (χ3v) is 7.52. The van der Waals surface area contributed by atoms with E-state index in [1.165, 1.54) is 26.1 Å². The van der Waals surface area contributed by atoms with Gasteiger partial charge in [-0.2, -0.15) is 0 Å². The first kappa shape index (κ1) is 15.9. The second-order valence-corrected chi connectivity index (χ2v) is 8.88. The minimum Gasteiger partial charge on any atom is -0.480 e. The second-order valence-electron chi connectivity index (χ2n) is 6.25. The smallest absolute Gasteiger partial charge is 0.328 e. The van der Waals surface area contributed by atoms with Gasteiger partial charge in [-0.05, 0) is 26.0 Å². The molecule has 2 saturated heterocycles. The van der Waals surface area contributed by atoms with Gasteiger partial charge in [-0.15, -0.1) is 0 Å². The van der Waals surface area contributed by atoms with Crippen LogP contribution in [0.5, 0.6) is 0 Å². The number of carboxylic acid groups (broad SMARTS) is 1. The maximum absolute atomic E-state index is 12.7.